The van der Waals surface area contributed by atoms with Crippen molar-refractivity contribution in [2.24, 2.45) is 9.98 Å². The number of nitrogens with zero attached hydrogens (tertiary/aromatic N) is 2. The maximum absolute atomic E-state index is 12.6. The van der Waals surface area contributed by atoms with Crippen molar-refractivity contribution in [3.8, 4) is 0 Å². The van der Waals surface area contributed by atoms with Crippen LogP contribution in [0.15, 0.2) is 148 Å². The lowest BCUT2D eigenvalue weighted by Crippen LogP contribution is -2.33. The smallest absolute Gasteiger partial charge is 0.251 e. The van der Waals surface area contributed by atoms with Crippen LogP contribution in [-0.2, 0) is 11.4 Å². The van der Waals surface area contributed by atoms with E-state index in [0.717, 1.165) is 97.3 Å². The van der Waals surface area contributed by atoms with Crippen molar-refractivity contribution < 1.29 is 19.2 Å². The maximum Gasteiger partial charge on any atom is 0.251 e. The molecular formula is C52H50I2N8O4. The normalized spacial score (nSPS) is 19.6. The van der Waals surface area contributed by atoms with Gasteiger partial charge in [0.15, 0.2) is 0 Å². The number of benzene rings is 4. The molecule has 0 saturated heterocycles. The van der Waals surface area contributed by atoms with E-state index in [-0.39, 0.29) is 29.7 Å². The lowest BCUT2D eigenvalue weighted by atomic mass is 9.85. The minimum Gasteiger partial charge on any atom is -0.377 e. The van der Waals surface area contributed by atoms with Crippen LogP contribution in [0.5, 0.6) is 0 Å². The summed E-state index contributed by atoms with van der Waals surface area (Å²) in [4.78, 5) is 58.3. The number of fused-ring (bicyclic) bond motifs is 6. The molecule has 0 aliphatic carbocycles. The first-order valence-electron chi connectivity index (χ1n) is 21.8. The molecule has 9 rings (SSSR count). The molecule has 1 aromatic heterocycles. The molecule has 6 N–H and O–H groups in total. The van der Waals surface area contributed by atoms with Crippen molar-refractivity contribution in [1.82, 2.24) is 31.7 Å². The highest BCUT2D eigenvalue weighted by Gasteiger charge is 2.35. The average molecular weight is 1100 g/mol. The molecule has 8 bridgehead atoms. The Hall–Kier alpha value is -5.95. The van der Waals surface area contributed by atoms with E-state index in [1.165, 1.54) is 0 Å². The molecule has 0 saturated carbocycles. The number of aromatic nitrogens is 1. The van der Waals surface area contributed by atoms with Gasteiger partial charge in [0.1, 0.15) is 0 Å². The molecule has 4 aliphatic rings. The lowest BCUT2D eigenvalue weighted by molar-refractivity contribution is 0.0444. The van der Waals surface area contributed by atoms with Gasteiger partial charge in [0.25, 0.3) is 17.7 Å². The van der Waals surface area contributed by atoms with E-state index in [1.807, 2.05) is 72.8 Å². The highest BCUT2D eigenvalue weighted by atomic mass is 128. The first-order valence-corrected chi connectivity index (χ1v) is 28.0. The molecule has 2 unspecified atom stereocenters. The summed E-state index contributed by atoms with van der Waals surface area (Å²) in [5.74, 6) is -0.615. The number of nitrogens with one attached hydrogen (secondary N) is 6. The van der Waals surface area contributed by atoms with E-state index in [1.54, 1.807) is 28.2 Å². The Morgan fingerprint density at radius 3 is 1.62 bits per heavy atom. The van der Waals surface area contributed by atoms with Crippen LogP contribution in [0.1, 0.15) is 102 Å². The zero-order chi connectivity index (χ0) is 46.3. The molecule has 5 heterocycles. The number of hydrogen-bond acceptors (Lipinski definition) is 8. The number of aliphatic imine (C=N–C) groups is 2. The van der Waals surface area contributed by atoms with E-state index in [0.29, 0.717) is 36.1 Å². The van der Waals surface area contributed by atoms with Gasteiger partial charge in [0.2, 0.25) is 0 Å². The number of hydrogen-bond donors (Lipinski definition) is 6. The van der Waals surface area contributed by atoms with Gasteiger partial charge in [0.05, 0.1) is 29.8 Å². The fraction of sp³-hybridized carbons (Fsp3) is 0.212. The summed E-state index contributed by atoms with van der Waals surface area (Å²) >= 11 is 4.24. The van der Waals surface area contributed by atoms with Gasteiger partial charge in [-0.05, 0) is 108 Å². The quantitative estimate of drug-likeness (QED) is 0.0604. The number of hydroxylamine groups is 1. The van der Waals surface area contributed by atoms with Crippen LogP contribution in [0, 0.1) is 0 Å². The van der Waals surface area contributed by atoms with Crippen LogP contribution in [0.4, 0.5) is 0 Å². The van der Waals surface area contributed by atoms with Gasteiger partial charge in [0, 0.05) is 128 Å². The van der Waals surface area contributed by atoms with Crippen molar-refractivity contribution >= 4 is 83.1 Å². The maximum atomic E-state index is 12.6. The zero-order valence-electron chi connectivity index (χ0n) is 37.0. The summed E-state index contributed by atoms with van der Waals surface area (Å²) in [5, 5.41) is 12.1. The third kappa shape index (κ3) is 9.63. The van der Waals surface area contributed by atoms with Crippen LogP contribution in [0.25, 0.3) is 16.7 Å². The second-order valence-corrected chi connectivity index (χ2v) is 16.1. The van der Waals surface area contributed by atoms with Crippen molar-refractivity contribution in [2.45, 2.75) is 44.2 Å². The summed E-state index contributed by atoms with van der Waals surface area (Å²) in [6.07, 6.45) is 7.17. The predicted molar refractivity (Wildman–Crippen MR) is 280 cm³/mol. The third-order valence-electron chi connectivity index (χ3n) is 12.3. The Morgan fingerprint density at radius 1 is 0.606 bits per heavy atom. The number of carbonyl (C=O) groups is 3. The molecule has 4 aliphatic heterocycles. The highest BCUT2D eigenvalue weighted by Crippen LogP contribution is 2.42. The van der Waals surface area contributed by atoms with E-state index < -0.39 is 0 Å². The standard InChI is InChI=1S/C52H50N8O4.I2/c1-53-50(61)35-15-9-32(10-16-35)47-40-23-21-38(57-40)46(31-7-5-30(6-8-31)29-64-56-4)39-22-24-41(58-39)48(33-11-17-36(18-12-33)51(62)54-2)43-26-28-45(60-43)49(44-27-25-42(47)59-44)34-13-19-37(20-14-34)52(63)55-3;1-2/h5-21,23,26,28,43,48,56-57,60H,22,24-25,27,29H2,1-4H3,(H,53,61)(H,54,62)(H,55,63);/b46-39?,47-42-,49-45-;. The van der Waals surface area contributed by atoms with Crippen LogP contribution in [0.3, 0.4) is 0 Å². The minimum atomic E-state index is -0.176. The molecule has 5 aromatic rings. The van der Waals surface area contributed by atoms with Gasteiger partial charge in [-0.2, -0.15) is 0 Å². The summed E-state index contributed by atoms with van der Waals surface area (Å²) in [7, 11) is 6.65. The third-order valence-corrected chi connectivity index (χ3v) is 12.3. The monoisotopic (exact) mass is 1100 g/mol. The Balaban J connectivity index is 0.00000292. The van der Waals surface area contributed by atoms with E-state index in [4.69, 9.17) is 14.8 Å². The molecule has 0 fully saturated rings. The van der Waals surface area contributed by atoms with Gasteiger partial charge in [-0.15, -0.1) is 0 Å². The summed E-state index contributed by atoms with van der Waals surface area (Å²) in [6.45, 7) is 0.428. The van der Waals surface area contributed by atoms with E-state index >= 15 is 0 Å². The molecular weight excluding hydrogens is 1050 g/mol. The predicted octanol–water partition coefficient (Wildman–Crippen LogP) is 9.24. The second kappa shape index (κ2) is 21.1. The number of rotatable bonds is 10. The van der Waals surface area contributed by atoms with E-state index in [9.17, 15) is 14.4 Å². The Kier molecular flexibility index (Phi) is 14.9. The zero-order valence-corrected chi connectivity index (χ0v) is 41.3. The first kappa shape index (κ1) is 46.6. The number of H-pyrrole nitrogens is 1. The molecule has 0 spiro atoms. The van der Waals surface area contributed by atoms with Crippen LogP contribution in [-0.4, -0.2) is 68.4 Å². The van der Waals surface area contributed by atoms with Gasteiger partial charge in [-0.3, -0.25) is 29.2 Å². The van der Waals surface area contributed by atoms with Gasteiger partial charge < -0.3 is 26.3 Å². The molecule has 4 aromatic carbocycles. The number of aromatic amines is 1. The first-order chi connectivity index (χ1) is 32.3. The number of carbonyl (C=O) groups excluding carboxylic acids is 3. The van der Waals surface area contributed by atoms with Crippen molar-refractivity contribution in [3.05, 3.63) is 194 Å². The SMILES string of the molecule is CNOCc1ccc(C2=C3CCC(=N3)C(c3ccc(C(=O)NC)cc3)C3C=C/C(=C(\c4ccc(C(=O)NC)cc4)C4=N/C(=C(/c5ccc(C(=O)NC)cc5)c5ccc2[nH]5)CC4)N3)cc1.II. The molecule has 2 atom stereocenters. The summed E-state index contributed by atoms with van der Waals surface area (Å²) in [6, 6.07) is 35.7. The summed E-state index contributed by atoms with van der Waals surface area (Å²) < 4.78 is 0. The number of amides is 3. The van der Waals surface area contributed by atoms with Crippen molar-refractivity contribution in [2.75, 3.05) is 28.2 Å². The molecule has 336 valence electrons. The van der Waals surface area contributed by atoms with Crippen LogP contribution < -0.4 is 26.7 Å². The highest BCUT2D eigenvalue weighted by molar-refractivity contribution is 15.0. The topological polar surface area (TPSA) is 161 Å². The van der Waals surface area contributed by atoms with Crippen LogP contribution in [0.2, 0.25) is 0 Å². The molecule has 66 heavy (non-hydrogen) atoms. The Morgan fingerprint density at radius 2 is 1.09 bits per heavy atom. The molecule has 3 amide bonds. The fourth-order valence-electron chi connectivity index (χ4n) is 9.14. The number of allylic oxidation sites excluding steroid dienone is 4. The Labute approximate surface area is 408 Å². The molecule has 0 radical (unpaired) electrons. The summed E-state index contributed by atoms with van der Waals surface area (Å²) in [5.41, 5.74) is 19.0. The lowest BCUT2D eigenvalue weighted by Gasteiger charge is -2.25. The molecule has 12 nitrogen and oxygen atoms in total. The van der Waals surface area contributed by atoms with Crippen molar-refractivity contribution in [1.29, 1.82) is 0 Å². The van der Waals surface area contributed by atoms with E-state index in [2.05, 4.69) is 118 Å². The van der Waals surface area contributed by atoms with Crippen LogP contribution >= 0.6 is 37.2 Å². The number of halogens is 2. The average Bonchev–Trinajstić information content (AvgIpc) is 4.23. The second-order valence-electron chi connectivity index (χ2n) is 16.1. The van der Waals surface area contributed by atoms with Gasteiger partial charge >= 0.3 is 0 Å². The van der Waals surface area contributed by atoms with Crippen molar-refractivity contribution in [3.63, 3.8) is 0 Å². The molecule has 14 heteroatoms. The Bertz CT molecular complexity index is 2840. The largest absolute Gasteiger partial charge is 0.377 e. The fourth-order valence-corrected chi connectivity index (χ4v) is 9.14. The van der Waals surface area contributed by atoms with Gasteiger partial charge in [-0.1, -0.05) is 66.7 Å². The van der Waals surface area contributed by atoms with Gasteiger partial charge in [-0.25, -0.2) is 5.48 Å². The minimum absolute atomic E-state index is 0.141.